The highest BCUT2D eigenvalue weighted by atomic mass is 32.1. The molecule has 0 unspecified atom stereocenters. The van der Waals surface area contributed by atoms with Gasteiger partial charge in [-0.25, -0.2) is 9.78 Å². The molecule has 1 rings (SSSR count). The summed E-state index contributed by atoms with van der Waals surface area (Å²) in [5.74, 6) is -1.03. The molecule has 1 aromatic rings. The van der Waals surface area contributed by atoms with Gasteiger partial charge < -0.3 is 5.11 Å². The van der Waals surface area contributed by atoms with Crippen LogP contribution in [-0.4, -0.2) is 21.8 Å². The Labute approximate surface area is 79.1 Å². The van der Waals surface area contributed by atoms with Crippen LogP contribution in [0.3, 0.4) is 0 Å². The molecule has 0 bridgehead atoms. The number of carboxylic acid groups (broad SMARTS) is 1. The fraction of sp³-hybridized carbons (Fsp3) is 0.286. The molecule has 0 radical (unpaired) electrons. The number of nitrogens with one attached hydrogen (secondary N) is 1. The van der Waals surface area contributed by atoms with Gasteiger partial charge in [0.15, 0.2) is 5.69 Å². The van der Waals surface area contributed by atoms with Gasteiger partial charge in [-0.2, -0.15) is 5.10 Å². The Kier molecular flexibility index (Phi) is 2.97. The molecule has 0 amide bonds. The number of aromatic nitrogens is 1. The van der Waals surface area contributed by atoms with E-state index in [1.807, 2.05) is 13.8 Å². The quantitative estimate of drug-likeness (QED) is 0.573. The maximum absolute atomic E-state index is 10.4. The van der Waals surface area contributed by atoms with Gasteiger partial charge in [-0.05, 0) is 13.8 Å². The van der Waals surface area contributed by atoms with E-state index in [9.17, 15) is 4.79 Å². The van der Waals surface area contributed by atoms with Crippen molar-refractivity contribution in [1.29, 1.82) is 0 Å². The van der Waals surface area contributed by atoms with Crippen molar-refractivity contribution >= 4 is 28.1 Å². The predicted molar refractivity (Wildman–Crippen MR) is 51.5 cm³/mol. The smallest absolute Gasteiger partial charge is 0.355 e. The molecule has 1 heterocycles. The van der Waals surface area contributed by atoms with Gasteiger partial charge in [-0.3, -0.25) is 5.43 Å². The summed E-state index contributed by atoms with van der Waals surface area (Å²) in [5.41, 5.74) is 3.54. The summed E-state index contributed by atoms with van der Waals surface area (Å²) in [5, 5.41) is 14.4. The van der Waals surface area contributed by atoms with Crippen molar-refractivity contribution in [2.45, 2.75) is 13.8 Å². The number of carbonyl (C=O) groups is 1. The molecule has 6 heteroatoms. The van der Waals surface area contributed by atoms with Crippen LogP contribution in [0.5, 0.6) is 0 Å². The number of hydrogen-bond donors (Lipinski definition) is 2. The minimum atomic E-state index is -1.03. The van der Waals surface area contributed by atoms with Crippen LogP contribution < -0.4 is 5.43 Å². The van der Waals surface area contributed by atoms with Crippen LogP contribution in [0, 0.1) is 0 Å². The lowest BCUT2D eigenvalue weighted by Crippen LogP contribution is -1.97. The van der Waals surface area contributed by atoms with Crippen LogP contribution in [0.25, 0.3) is 0 Å². The average Bonchev–Trinajstić information content (AvgIpc) is 2.48. The Morgan fingerprint density at radius 2 is 2.38 bits per heavy atom. The van der Waals surface area contributed by atoms with Gasteiger partial charge >= 0.3 is 5.97 Å². The summed E-state index contributed by atoms with van der Waals surface area (Å²) in [7, 11) is 0. The summed E-state index contributed by atoms with van der Waals surface area (Å²) in [6.45, 7) is 3.66. The molecule has 5 nitrogen and oxygen atoms in total. The second kappa shape index (κ2) is 3.99. The fourth-order valence-corrected chi connectivity index (χ4v) is 1.21. The van der Waals surface area contributed by atoms with Gasteiger partial charge in [-0.15, -0.1) is 11.3 Å². The lowest BCUT2D eigenvalue weighted by atomic mass is 10.5. The van der Waals surface area contributed by atoms with Crippen LogP contribution >= 0.6 is 11.3 Å². The van der Waals surface area contributed by atoms with Crippen LogP contribution in [0.4, 0.5) is 5.13 Å². The highest BCUT2D eigenvalue weighted by molar-refractivity contribution is 7.13. The maximum Gasteiger partial charge on any atom is 0.355 e. The van der Waals surface area contributed by atoms with E-state index in [1.165, 1.54) is 16.7 Å². The molecular formula is C7H9N3O2S. The molecule has 0 aromatic carbocycles. The molecule has 0 atom stereocenters. The fourth-order valence-electron chi connectivity index (χ4n) is 0.583. The third-order valence-corrected chi connectivity index (χ3v) is 1.85. The summed E-state index contributed by atoms with van der Waals surface area (Å²) in [6, 6.07) is 0. The third-order valence-electron chi connectivity index (χ3n) is 1.10. The summed E-state index contributed by atoms with van der Waals surface area (Å²) in [4.78, 5) is 14.2. The van der Waals surface area contributed by atoms with E-state index in [0.717, 1.165) is 5.71 Å². The van der Waals surface area contributed by atoms with Crippen molar-refractivity contribution < 1.29 is 9.90 Å². The van der Waals surface area contributed by atoms with Gasteiger partial charge in [-0.1, -0.05) is 0 Å². The molecule has 70 valence electrons. The van der Waals surface area contributed by atoms with Crippen molar-refractivity contribution in [1.82, 2.24) is 4.98 Å². The van der Waals surface area contributed by atoms with Crippen molar-refractivity contribution in [2.24, 2.45) is 5.10 Å². The topological polar surface area (TPSA) is 74.6 Å². The second-order valence-electron chi connectivity index (χ2n) is 2.51. The highest BCUT2D eigenvalue weighted by Crippen LogP contribution is 2.14. The number of nitrogens with zero attached hydrogens (tertiary/aromatic N) is 2. The molecule has 0 saturated heterocycles. The molecule has 0 spiro atoms. The van der Waals surface area contributed by atoms with Crippen LogP contribution in [-0.2, 0) is 0 Å². The third kappa shape index (κ3) is 2.83. The first-order valence-electron chi connectivity index (χ1n) is 3.55. The van der Waals surface area contributed by atoms with E-state index < -0.39 is 5.97 Å². The van der Waals surface area contributed by atoms with E-state index in [1.54, 1.807) is 0 Å². The summed E-state index contributed by atoms with van der Waals surface area (Å²) < 4.78 is 0. The Bertz CT molecular complexity index is 341. The van der Waals surface area contributed by atoms with Gasteiger partial charge in [0.1, 0.15) is 0 Å². The Morgan fingerprint density at radius 3 is 2.85 bits per heavy atom. The number of hydrogen-bond acceptors (Lipinski definition) is 5. The predicted octanol–water partition coefficient (Wildman–Crippen LogP) is 1.65. The monoisotopic (exact) mass is 199 g/mol. The van der Waals surface area contributed by atoms with Crippen LogP contribution in [0.15, 0.2) is 10.5 Å². The first-order valence-corrected chi connectivity index (χ1v) is 4.43. The Hall–Kier alpha value is -1.43. The summed E-state index contributed by atoms with van der Waals surface area (Å²) in [6.07, 6.45) is 0. The first kappa shape index (κ1) is 9.66. The maximum atomic E-state index is 10.4. The Morgan fingerprint density at radius 1 is 1.69 bits per heavy atom. The lowest BCUT2D eigenvalue weighted by molar-refractivity contribution is 0.0691. The van der Waals surface area contributed by atoms with E-state index in [4.69, 9.17) is 5.11 Å². The molecule has 0 saturated carbocycles. The molecule has 2 N–H and O–H groups in total. The average molecular weight is 199 g/mol. The molecule has 0 aliphatic rings. The first-order chi connectivity index (χ1) is 6.09. The zero-order valence-corrected chi connectivity index (χ0v) is 8.05. The minimum absolute atomic E-state index is 0.0384. The molecule has 0 fully saturated rings. The molecule has 13 heavy (non-hydrogen) atoms. The van der Waals surface area contributed by atoms with E-state index in [0.29, 0.717) is 5.13 Å². The number of carboxylic acids is 1. The second-order valence-corrected chi connectivity index (χ2v) is 3.37. The van der Waals surface area contributed by atoms with E-state index >= 15 is 0 Å². The van der Waals surface area contributed by atoms with Crippen molar-refractivity contribution in [3.05, 3.63) is 11.1 Å². The normalized spacial score (nSPS) is 9.38. The zero-order valence-electron chi connectivity index (χ0n) is 7.24. The van der Waals surface area contributed by atoms with Crippen molar-refractivity contribution in [2.75, 3.05) is 5.43 Å². The zero-order chi connectivity index (χ0) is 9.84. The number of anilines is 1. The Balaban J connectivity index is 2.70. The van der Waals surface area contributed by atoms with Gasteiger partial charge in [0.05, 0.1) is 0 Å². The van der Waals surface area contributed by atoms with Gasteiger partial charge in [0.25, 0.3) is 0 Å². The van der Waals surface area contributed by atoms with E-state index in [2.05, 4.69) is 15.5 Å². The number of rotatable bonds is 3. The number of hydrazone groups is 1. The number of thiazole rings is 1. The summed E-state index contributed by atoms with van der Waals surface area (Å²) >= 11 is 1.21. The molecule has 0 aliphatic carbocycles. The van der Waals surface area contributed by atoms with Crippen molar-refractivity contribution in [3.8, 4) is 0 Å². The molecule has 0 aliphatic heterocycles. The highest BCUT2D eigenvalue weighted by Gasteiger charge is 2.07. The minimum Gasteiger partial charge on any atom is -0.476 e. The molecule has 1 aromatic heterocycles. The largest absolute Gasteiger partial charge is 0.476 e. The van der Waals surface area contributed by atoms with E-state index in [-0.39, 0.29) is 5.69 Å². The standard InChI is InChI=1S/C7H9N3O2S/c1-4(2)9-10-7-8-5(3-13-7)6(11)12/h3H,1-2H3,(H,8,10)(H,11,12). The van der Waals surface area contributed by atoms with Gasteiger partial charge in [0, 0.05) is 11.1 Å². The lowest BCUT2D eigenvalue weighted by Gasteiger charge is -1.92. The SMILES string of the molecule is CC(C)=NNc1nc(C(=O)O)cs1. The van der Waals surface area contributed by atoms with Crippen LogP contribution in [0.2, 0.25) is 0 Å². The van der Waals surface area contributed by atoms with Crippen LogP contribution in [0.1, 0.15) is 24.3 Å². The number of aromatic carboxylic acids is 1. The molecular weight excluding hydrogens is 190 g/mol. The van der Waals surface area contributed by atoms with Crippen molar-refractivity contribution in [3.63, 3.8) is 0 Å². The van der Waals surface area contributed by atoms with Gasteiger partial charge in [0.2, 0.25) is 5.13 Å².